The number of aliphatic carboxylic acids is 1. The van der Waals surface area contributed by atoms with Gasteiger partial charge in [0.1, 0.15) is 54.2 Å². The molecule has 0 aromatic heterocycles. The van der Waals surface area contributed by atoms with Gasteiger partial charge in [-0.15, -0.1) is 0 Å². The second kappa shape index (κ2) is 14.9. The fourth-order valence-electron chi connectivity index (χ4n) is 13.4. The SMILES string of the molecule is CC1(C)CCC2(C(=O)OC3OC(COC4OC(CO)C(O)C(O)C4O)C(O)C(O)C3O)C(O)CC3(C)C(=CCC4C5(C)CCC(O)C(C)(C(=O)O)C5CCC43C)C2C1. The maximum Gasteiger partial charge on any atom is 0.317 e. The summed E-state index contributed by atoms with van der Waals surface area (Å²) in [7, 11) is 0. The van der Waals surface area contributed by atoms with E-state index in [4.69, 9.17) is 18.9 Å². The van der Waals surface area contributed by atoms with Crippen LogP contribution in [0.1, 0.15) is 99.3 Å². The first-order chi connectivity index (χ1) is 26.9. The predicted molar refractivity (Wildman–Crippen MR) is 201 cm³/mol. The van der Waals surface area contributed by atoms with Crippen LogP contribution in [0.25, 0.3) is 0 Å². The van der Waals surface area contributed by atoms with Crippen molar-refractivity contribution in [1.29, 1.82) is 0 Å². The van der Waals surface area contributed by atoms with E-state index in [-0.39, 0.29) is 35.5 Å². The van der Waals surface area contributed by atoms with Crippen molar-refractivity contribution in [3.05, 3.63) is 11.6 Å². The zero-order chi connectivity index (χ0) is 42.7. The summed E-state index contributed by atoms with van der Waals surface area (Å²) in [5.74, 6) is -2.48. The van der Waals surface area contributed by atoms with Gasteiger partial charge < -0.3 is 70.0 Å². The summed E-state index contributed by atoms with van der Waals surface area (Å²) in [6.45, 7) is 11.3. The van der Waals surface area contributed by atoms with Crippen molar-refractivity contribution in [3.63, 3.8) is 0 Å². The number of carbonyl (C=O) groups is 2. The van der Waals surface area contributed by atoms with Crippen LogP contribution in [0.15, 0.2) is 11.6 Å². The summed E-state index contributed by atoms with van der Waals surface area (Å²) < 4.78 is 22.8. The van der Waals surface area contributed by atoms with Gasteiger partial charge in [0.05, 0.1) is 30.8 Å². The van der Waals surface area contributed by atoms with E-state index < -0.39 is 126 Å². The van der Waals surface area contributed by atoms with Gasteiger partial charge in [0.25, 0.3) is 0 Å². The highest BCUT2D eigenvalue weighted by Gasteiger charge is 2.73. The number of carboxylic acids is 1. The van der Waals surface area contributed by atoms with Crippen molar-refractivity contribution in [3.8, 4) is 0 Å². The van der Waals surface area contributed by atoms with Crippen molar-refractivity contribution in [1.82, 2.24) is 0 Å². The molecule has 16 nitrogen and oxygen atoms in total. The molecule has 7 rings (SSSR count). The first-order valence-corrected chi connectivity index (χ1v) is 21.1. The third-order valence-electron chi connectivity index (χ3n) is 17.3. The molecule has 16 heteroatoms. The molecule has 2 aliphatic heterocycles. The molecule has 0 bridgehead atoms. The number of carboxylic acid groups (broad SMARTS) is 1. The standard InChI is InChI=1S/C42H66O16/c1-37(2)13-14-42(36(54)58-34-32(51)30(49)28(47)22(57-34)18-55-33-31(50)29(48)27(46)21(17-43)56-33)20(15-37)19-7-8-23-38(3)11-10-25(44)41(6,35(52)53)24(38)9-12-39(23,4)40(19,5)16-26(42)45/h7,20-34,43-51H,8-18H2,1-6H3,(H,52,53). The first-order valence-electron chi connectivity index (χ1n) is 21.1. The summed E-state index contributed by atoms with van der Waals surface area (Å²) in [5, 5.41) is 107. The molecule has 10 N–H and O–H groups in total. The van der Waals surface area contributed by atoms with E-state index in [2.05, 4.69) is 40.7 Å². The number of rotatable bonds is 7. The van der Waals surface area contributed by atoms with Crippen LogP contribution in [-0.4, -0.2) is 150 Å². The van der Waals surface area contributed by atoms with Gasteiger partial charge in [-0.05, 0) is 104 Å². The fraction of sp³-hybridized carbons (Fsp3) is 0.905. The van der Waals surface area contributed by atoms with Crippen molar-refractivity contribution in [2.75, 3.05) is 13.2 Å². The van der Waals surface area contributed by atoms with Crippen LogP contribution in [0.5, 0.6) is 0 Å². The number of carbonyl (C=O) groups excluding carboxylic acids is 1. The van der Waals surface area contributed by atoms with Gasteiger partial charge in [-0.25, -0.2) is 0 Å². The molecule has 58 heavy (non-hydrogen) atoms. The van der Waals surface area contributed by atoms with Gasteiger partial charge in [-0.2, -0.15) is 0 Å². The first kappa shape index (κ1) is 44.3. The normalized spacial score (nSPS) is 53.8. The molecule has 0 spiro atoms. The molecule has 20 unspecified atom stereocenters. The van der Waals surface area contributed by atoms with Crippen molar-refractivity contribution in [2.45, 2.75) is 173 Å². The third-order valence-corrected chi connectivity index (χ3v) is 17.3. The molecule has 330 valence electrons. The maximum absolute atomic E-state index is 14.8. The molecule has 2 saturated heterocycles. The molecule has 0 aromatic carbocycles. The lowest BCUT2D eigenvalue weighted by atomic mass is 9.33. The lowest BCUT2D eigenvalue weighted by Crippen LogP contribution is -2.69. The number of esters is 1. The van der Waals surface area contributed by atoms with E-state index in [9.17, 15) is 60.7 Å². The van der Waals surface area contributed by atoms with Crippen LogP contribution in [0, 0.1) is 50.2 Å². The number of aliphatic hydroxyl groups is 9. The van der Waals surface area contributed by atoms with E-state index in [0.717, 1.165) is 5.57 Å². The molecule has 0 aromatic rings. The summed E-state index contributed by atoms with van der Waals surface area (Å²) in [6, 6.07) is 0. The Labute approximate surface area is 339 Å². The lowest BCUT2D eigenvalue weighted by Gasteiger charge is -2.71. The number of allylic oxidation sites excluding steroid dienone is 2. The smallest absolute Gasteiger partial charge is 0.317 e. The highest BCUT2D eigenvalue weighted by molar-refractivity contribution is 5.80. The summed E-state index contributed by atoms with van der Waals surface area (Å²) >= 11 is 0. The van der Waals surface area contributed by atoms with Crippen LogP contribution in [0.3, 0.4) is 0 Å². The Morgan fingerprint density at radius 2 is 1.34 bits per heavy atom. The highest BCUT2D eigenvalue weighted by Crippen LogP contribution is 2.76. The van der Waals surface area contributed by atoms with E-state index >= 15 is 0 Å². The quantitative estimate of drug-likeness (QED) is 0.123. The largest absolute Gasteiger partial charge is 0.481 e. The second-order valence-corrected chi connectivity index (χ2v) is 20.6. The minimum absolute atomic E-state index is 0.0442. The molecule has 5 aliphatic carbocycles. The van der Waals surface area contributed by atoms with Gasteiger partial charge in [-0.1, -0.05) is 46.3 Å². The Hall–Kier alpha value is -1.80. The number of aliphatic hydroxyl groups excluding tert-OH is 9. The molecule has 20 atom stereocenters. The topological polar surface area (TPSA) is 273 Å². The lowest BCUT2D eigenvalue weighted by molar-refractivity contribution is -0.329. The molecular weight excluding hydrogens is 760 g/mol. The Morgan fingerprint density at radius 1 is 0.724 bits per heavy atom. The average Bonchev–Trinajstić information content (AvgIpc) is 3.15. The van der Waals surface area contributed by atoms with E-state index in [1.165, 1.54) is 0 Å². The summed E-state index contributed by atoms with van der Waals surface area (Å²) in [6.07, 6.45) is -12.0. The van der Waals surface area contributed by atoms with Crippen molar-refractivity contribution < 1.29 is 79.6 Å². The monoisotopic (exact) mass is 826 g/mol. The van der Waals surface area contributed by atoms with Gasteiger partial charge in [-0.3, -0.25) is 9.59 Å². The second-order valence-electron chi connectivity index (χ2n) is 20.6. The number of hydrogen-bond donors (Lipinski definition) is 10. The molecule has 0 radical (unpaired) electrons. The number of ether oxygens (including phenoxy) is 4. The zero-order valence-electron chi connectivity index (χ0n) is 34.4. The van der Waals surface area contributed by atoms with Gasteiger partial charge in [0.2, 0.25) is 6.29 Å². The molecule has 2 heterocycles. The molecular formula is C42H66O16. The maximum atomic E-state index is 14.8. The minimum atomic E-state index is -1.89. The molecule has 4 saturated carbocycles. The van der Waals surface area contributed by atoms with Crippen LogP contribution < -0.4 is 0 Å². The van der Waals surface area contributed by atoms with E-state index in [0.29, 0.717) is 44.9 Å². The number of fused-ring (bicyclic) bond motifs is 7. The van der Waals surface area contributed by atoms with Crippen LogP contribution in [0.2, 0.25) is 0 Å². The Bertz CT molecular complexity index is 1620. The van der Waals surface area contributed by atoms with E-state index in [1.54, 1.807) is 6.92 Å². The number of hydrogen-bond acceptors (Lipinski definition) is 15. The fourth-order valence-corrected chi connectivity index (χ4v) is 13.4. The highest BCUT2D eigenvalue weighted by atomic mass is 16.7. The Balaban J connectivity index is 1.16. The molecule has 6 fully saturated rings. The predicted octanol–water partition coefficient (Wildman–Crippen LogP) is 0.352. The van der Waals surface area contributed by atoms with Gasteiger partial charge in [0, 0.05) is 0 Å². The zero-order valence-corrected chi connectivity index (χ0v) is 34.4. The van der Waals surface area contributed by atoms with Crippen molar-refractivity contribution >= 4 is 11.9 Å². The van der Waals surface area contributed by atoms with E-state index in [1.807, 2.05) is 0 Å². The van der Waals surface area contributed by atoms with Crippen LogP contribution in [-0.2, 0) is 28.5 Å². The summed E-state index contributed by atoms with van der Waals surface area (Å²) in [5.41, 5.74) is -3.28. The third kappa shape index (κ3) is 6.29. The Kier molecular flexibility index (Phi) is 11.4. The summed E-state index contributed by atoms with van der Waals surface area (Å²) in [4.78, 5) is 27.6. The van der Waals surface area contributed by atoms with Crippen LogP contribution in [0.4, 0.5) is 0 Å². The average molecular weight is 827 g/mol. The molecule has 7 aliphatic rings. The Morgan fingerprint density at radius 3 is 1.98 bits per heavy atom. The molecule has 0 amide bonds. The van der Waals surface area contributed by atoms with Crippen LogP contribution >= 0.6 is 0 Å². The van der Waals surface area contributed by atoms with Gasteiger partial charge in [0.15, 0.2) is 6.29 Å². The minimum Gasteiger partial charge on any atom is -0.481 e. The van der Waals surface area contributed by atoms with Crippen molar-refractivity contribution in [2.24, 2.45) is 50.2 Å². The van der Waals surface area contributed by atoms with Gasteiger partial charge >= 0.3 is 11.9 Å².